The highest BCUT2D eigenvalue weighted by molar-refractivity contribution is 9.10. The van der Waals surface area contributed by atoms with Crippen molar-refractivity contribution >= 4 is 51.5 Å². The summed E-state index contributed by atoms with van der Waals surface area (Å²) in [6.45, 7) is 3.21. The summed E-state index contributed by atoms with van der Waals surface area (Å²) >= 11 is 15.7. The largest absolute Gasteiger partial charge is 0.493 e. The monoisotopic (exact) mass is 529 g/mol. The Bertz CT molecular complexity index is 970. The van der Waals surface area contributed by atoms with Gasteiger partial charge in [-0.15, -0.1) is 12.4 Å². The van der Waals surface area contributed by atoms with E-state index < -0.39 is 0 Å². The van der Waals surface area contributed by atoms with Gasteiger partial charge in [0.2, 0.25) is 0 Å². The van der Waals surface area contributed by atoms with Crippen LogP contribution >= 0.6 is 51.5 Å². The molecule has 0 aliphatic carbocycles. The number of rotatable bonds is 8. The van der Waals surface area contributed by atoms with E-state index in [0.717, 1.165) is 15.6 Å². The molecular formula is C23H23BrCl3NO2. The van der Waals surface area contributed by atoms with Crippen LogP contribution in [0.5, 0.6) is 11.5 Å². The molecule has 3 aromatic carbocycles. The molecule has 3 rings (SSSR count). The second-order valence-corrected chi connectivity index (χ2v) is 8.33. The number of ether oxygens (including phenoxy) is 2. The predicted molar refractivity (Wildman–Crippen MR) is 130 cm³/mol. The van der Waals surface area contributed by atoms with Gasteiger partial charge in [-0.25, -0.2) is 0 Å². The zero-order valence-corrected chi connectivity index (χ0v) is 20.5. The summed E-state index contributed by atoms with van der Waals surface area (Å²) in [5.74, 6) is 1.32. The van der Waals surface area contributed by atoms with E-state index in [4.69, 9.17) is 32.7 Å². The summed E-state index contributed by atoms with van der Waals surface area (Å²) < 4.78 is 12.4. The van der Waals surface area contributed by atoms with E-state index in [1.54, 1.807) is 19.2 Å². The Hall–Kier alpha value is -1.43. The highest BCUT2D eigenvalue weighted by Gasteiger charge is 2.13. The van der Waals surface area contributed by atoms with Gasteiger partial charge in [-0.05, 0) is 63.8 Å². The normalized spacial score (nSPS) is 11.5. The summed E-state index contributed by atoms with van der Waals surface area (Å²) in [6, 6.07) is 20.1. The quantitative estimate of drug-likeness (QED) is 0.324. The van der Waals surface area contributed by atoms with Crippen LogP contribution in [0.15, 0.2) is 65.1 Å². The van der Waals surface area contributed by atoms with E-state index in [0.29, 0.717) is 34.7 Å². The second-order valence-electron chi connectivity index (χ2n) is 6.66. The van der Waals surface area contributed by atoms with Gasteiger partial charge in [0, 0.05) is 12.6 Å². The summed E-state index contributed by atoms with van der Waals surface area (Å²) in [5.41, 5.74) is 3.27. The average molecular weight is 532 g/mol. The minimum absolute atomic E-state index is 0. The van der Waals surface area contributed by atoms with Crippen LogP contribution in [0.1, 0.15) is 29.7 Å². The minimum Gasteiger partial charge on any atom is -0.493 e. The van der Waals surface area contributed by atoms with Crippen LogP contribution in [0, 0.1) is 0 Å². The number of benzene rings is 3. The molecule has 3 nitrogen and oxygen atoms in total. The molecule has 1 unspecified atom stereocenters. The van der Waals surface area contributed by atoms with Gasteiger partial charge in [0.25, 0.3) is 0 Å². The van der Waals surface area contributed by atoms with Crippen molar-refractivity contribution in [3.05, 3.63) is 91.9 Å². The molecule has 0 fully saturated rings. The summed E-state index contributed by atoms with van der Waals surface area (Å²) in [6.07, 6.45) is 0. The molecule has 0 aromatic heterocycles. The first-order valence-electron chi connectivity index (χ1n) is 9.19. The summed E-state index contributed by atoms with van der Waals surface area (Å²) in [4.78, 5) is 0. The number of hydrogen-bond donors (Lipinski definition) is 1. The Kier molecular flexibility index (Phi) is 9.79. The van der Waals surface area contributed by atoms with E-state index in [9.17, 15) is 0 Å². The van der Waals surface area contributed by atoms with Crippen molar-refractivity contribution in [1.29, 1.82) is 0 Å². The molecule has 0 aliphatic rings. The molecule has 3 aromatic rings. The molecule has 0 saturated heterocycles. The molecule has 0 bridgehead atoms. The molecule has 0 heterocycles. The third-order valence-corrected chi connectivity index (χ3v) is 5.90. The first-order valence-corrected chi connectivity index (χ1v) is 10.7. The van der Waals surface area contributed by atoms with Gasteiger partial charge in [0.15, 0.2) is 11.5 Å². The van der Waals surface area contributed by atoms with Crippen LogP contribution in [0.3, 0.4) is 0 Å². The Morgan fingerprint density at radius 2 is 1.70 bits per heavy atom. The van der Waals surface area contributed by atoms with Crippen molar-refractivity contribution in [2.75, 3.05) is 7.11 Å². The first-order chi connectivity index (χ1) is 14.0. The third kappa shape index (κ3) is 6.53. The van der Waals surface area contributed by atoms with Crippen molar-refractivity contribution < 1.29 is 9.47 Å². The lowest BCUT2D eigenvalue weighted by atomic mass is 10.1. The summed E-state index contributed by atoms with van der Waals surface area (Å²) in [7, 11) is 1.64. The molecule has 30 heavy (non-hydrogen) atoms. The maximum absolute atomic E-state index is 6.08. The third-order valence-electron chi connectivity index (χ3n) is 4.57. The predicted octanol–water partition coefficient (Wildman–Crippen LogP) is 7.62. The van der Waals surface area contributed by atoms with E-state index in [1.165, 1.54) is 5.56 Å². The van der Waals surface area contributed by atoms with Crippen molar-refractivity contribution in [3.63, 3.8) is 0 Å². The fourth-order valence-electron chi connectivity index (χ4n) is 2.93. The molecule has 160 valence electrons. The summed E-state index contributed by atoms with van der Waals surface area (Å²) in [5, 5.41) is 4.57. The van der Waals surface area contributed by atoms with Gasteiger partial charge in [-0.2, -0.15) is 0 Å². The number of halogens is 4. The molecule has 0 amide bonds. The Balaban J connectivity index is 0.00000320. The lowest BCUT2D eigenvalue weighted by Crippen LogP contribution is -2.18. The molecule has 0 aliphatic heterocycles. The number of methoxy groups -OCH3 is 1. The number of hydrogen-bond acceptors (Lipinski definition) is 3. The molecule has 7 heteroatoms. The van der Waals surface area contributed by atoms with Gasteiger partial charge in [0.05, 0.1) is 21.6 Å². The maximum atomic E-state index is 6.08. The van der Waals surface area contributed by atoms with Crippen LogP contribution < -0.4 is 14.8 Å². The molecule has 0 spiro atoms. The smallest absolute Gasteiger partial charge is 0.175 e. The van der Waals surface area contributed by atoms with Gasteiger partial charge >= 0.3 is 0 Å². The highest BCUT2D eigenvalue weighted by Crippen LogP contribution is 2.37. The molecule has 0 saturated carbocycles. The Labute approximate surface area is 202 Å². The van der Waals surface area contributed by atoms with Crippen LogP contribution in [-0.4, -0.2) is 7.11 Å². The Morgan fingerprint density at radius 1 is 0.967 bits per heavy atom. The van der Waals surface area contributed by atoms with Gasteiger partial charge < -0.3 is 14.8 Å². The molecule has 0 radical (unpaired) electrons. The maximum Gasteiger partial charge on any atom is 0.175 e. The Morgan fingerprint density at radius 3 is 2.37 bits per heavy atom. The van der Waals surface area contributed by atoms with Crippen molar-refractivity contribution in [2.45, 2.75) is 26.1 Å². The van der Waals surface area contributed by atoms with Crippen LogP contribution in [-0.2, 0) is 13.2 Å². The zero-order valence-electron chi connectivity index (χ0n) is 16.6. The van der Waals surface area contributed by atoms with Gasteiger partial charge in [-0.3, -0.25) is 0 Å². The zero-order chi connectivity index (χ0) is 20.8. The highest BCUT2D eigenvalue weighted by atomic mass is 79.9. The lowest BCUT2D eigenvalue weighted by molar-refractivity contribution is 0.282. The van der Waals surface area contributed by atoms with Crippen molar-refractivity contribution in [1.82, 2.24) is 5.32 Å². The van der Waals surface area contributed by atoms with Crippen LogP contribution in [0.25, 0.3) is 0 Å². The van der Waals surface area contributed by atoms with E-state index in [1.807, 2.05) is 36.4 Å². The molecule has 1 atom stereocenters. The van der Waals surface area contributed by atoms with Crippen molar-refractivity contribution in [3.8, 4) is 11.5 Å². The molecule has 1 N–H and O–H groups in total. The minimum atomic E-state index is 0. The topological polar surface area (TPSA) is 30.5 Å². The van der Waals surface area contributed by atoms with Crippen LogP contribution in [0.4, 0.5) is 0 Å². The van der Waals surface area contributed by atoms with Crippen LogP contribution in [0.2, 0.25) is 10.0 Å². The second kappa shape index (κ2) is 11.8. The lowest BCUT2D eigenvalue weighted by Gasteiger charge is -2.17. The van der Waals surface area contributed by atoms with E-state index in [-0.39, 0.29) is 18.4 Å². The first kappa shape index (κ1) is 24.8. The van der Waals surface area contributed by atoms with Gasteiger partial charge in [-0.1, -0.05) is 59.6 Å². The van der Waals surface area contributed by atoms with Crippen molar-refractivity contribution in [2.24, 2.45) is 0 Å². The fourth-order valence-corrected chi connectivity index (χ4v) is 3.86. The number of nitrogens with one attached hydrogen (secondary N) is 1. The van der Waals surface area contributed by atoms with E-state index in [2.05, 4.69) is 40.3 Å². The fraction of sp³-hybridized carbons (Fsp3) is 0.217. The SMILES string of the molecule is COc1cc(CNC(C)c2ccccc2)cc(Br)c1OCc1ccc(Cl)c(Cl)c1.Cl. The molecular weight excluding hydrogens is 509 g/mol. The van der Waals surface area contributed by atoms with Gasteiger partial charge in [0.1, 0.15) is 6.61 Å². The standard InChI is InChI=1S/C23H22BrCl2NO2.ClH/c1-15(18-6-4-3-5-7-18)27-13-17-10-19(24)23(22(12-17)28-2)29-14-16-8-9-20(25)21(26)11-16;/h3-12,15,27H,13-14H2,1-2H3;1H. The van der Waals surface area contributed by atoms with E-state index >= 15 is 0 Å². The average Bonchev–Trinajstić information content (AvgIpc) is 2.73.